The minimum absolute atomic E-state index is 0.00727. The van der Waals surface area contributed by atoms with Crippen molar-refractivity contribution < 1.29 is 47.1 Å². The number of hydrogen-bond donors (Lipinski definition) is 4. The fourth-order valence-electron chi connectivity index (χ4n) is 4.15. The number of carboxylic acids is 1. The Hall–Kier alpha value is -4.13. The van der Waals surface area contributed by atoms with Gasteiger partial charge in [0.25, 0.3) is 17.7 Å². The number of anilines is 1. The van der Waals surface area contributed by atoms with E-state index in [0.717, 1.165) is 28.0 Å². The number of amides is 4. The summed E-state index contributed by atoms with van der Waals surface area (Å²) >= 11 is 2.06. The fourth-order valence-corrected chi connectivity index (χ4v) is 6.00. The fraction of sp³-hybridized carbons (Fsp3) is 0.435. The van der Waals surface area contributed by atoms with Gasteiger partial charge in [-0.3, -0.25) is 24.1 Å². The lowest BCUT2D eigenvalue weighted by Gasteiger charge is -2.49. The van der Waals surface area contributed by atoms with Crippen LogP contribution in [-0.4, -0.2) is 97.2 Å². The number of β-lactam (4-membered cyclic amide) rings is 1. The van der Waals surface area contributed by atoms with Gasteiger partial charge in [0, 0.05) is 23.3 Å². The molecule has 3 aliphatic heterocycles. The Morgan fingerprint density at radius 2 is 2.00 bits per heavy atom. The van der Waals surface area contributed by atoms with E-state index in [9.17, 15) is 42.3 Å². The first-order valence-corrected chi connectivity index (χ1v) is 14.0. The zero-order valence-corrected chi connectivity index (χ0v) is 23.6. The molecule has 0 radical (unpaired) electrons. The van der Waals surface area contributed by atoms with Crippen LogP contribution in [0.1, 0.15) is 26.0 Å². The van der Waals surface area contributed by atoms with Crippen LogP contribution in [0.3, 0.4) is 0 Å². The van der Waals surface area contributed by atoms with Crippen LogP contribution in [0.4, 0.5) is 18.3 Å². The van der Waals surface area contributed by atoms with E-state index < -0.39 is 70.7 Å². The van der Waals surface area contributed by atoms with Crippen molar-refractivity contribution in [3.63, 3.8) is 0 Å². The molecule has 0 aliphatic carbocycles. The molecule has 1 aromatic rings. The van der Waals surface area contributed by atoms with Crippen LogP contribution >= 0.6 is 23.1 Å². The summed E-state index contributed by atoms with van der Waals surface area (Å²) in [5.41, 5.74) is 8.50. The van der Waals surface area contributed by atoms with Gasteiger partial charge in [0.15, 0.2) is 10.8 Å². The normalized spacial score (nSPS) is 22.3. The van der Waals surface area contributed by atoms with Crippen molar-refractivity contribution in [2.75, 3.05) is 24.6 Å². The van der Waals surface area contributed by atoms with Crippen molar-refractivity contribution in [1.82, 2.24) is 20.1 Å². The molecule has 0 spiro atoms. The van der Waals surface area contributed by atoms with Crippen LogP contribution in [0.15, 0.2) is 33.5 Å². The molecule has 0 aromatic carbocycles. The lowest BCUT2D eigenvalue weighted by molar-refractivity contribution is -0.156. The highest BCUT2D eigenvalue weighted by atomic mass is 32.2. The third-order valence-electron chi connectivity index (χ3n) is 6.36. The van der Waals surface area contributed by atoms with Gasteiger partial charge in [-0.25, -0.2) is 9.78 Å². The van der Waals surface area contributed by atoms with Crippen LogP contribution in [0.25, 0.3) is 0 Å². The van der Waals surface area contributed by atoms with E-state index in [1.165, 1.54) is 25.3 Å². The average Bonchev–Trinajstić information content (AvgIpc) is 3.46. The van der Waals surface area contributed by atoms with Gasteiger partial charge in [0.1, 0.15) is 29.4 Å². The Kier molecular flexibility index (Phi) is 8.27. The van der Waals surface area contributed by atoms with Gasteiger partial charge < -0.3 is 31.6 Å². The van der Waals surface area contributed by atoms with E-state index in [1.54, 1.807) is 0 Å². The Morgan fingerprint density at radius 3 is 2.57 bits per heavy atom. The van der Waals surface area contributed by atoms with E-state index in [-0.39, 0.29) is 40.7 Å². The molecule has 4 heterocycles. The second-order valence-electron chi connectivity index (χ2n) is 9.78. The summed E-state index contributed by atoms with van der Waals surface area (Å²) in [6.07, 6.45) is -3.40. The topological polar surface area (TPSA) is 211 Å². The Bertz CT molecular complexity index is 1450. The summed E-state index contributed by atoms with van der Waals surface area (Å²) in [5.74, 6) is -4.98. The molecule has 14 nitrogen and oxygen atoms in total. The van der Waals surface area contributed by atoms with Crippen molar-refractivity contribution in [2.24, 2.45) is 10.9 Å². The number of thiazole rings is 1. The first-order chi connectivity index (χ1) is 19.5. The van der Waals surface area contributed by atoms with Crippen molar-refractivity contribution >= 4 is 63.5 Å². The molecule has 2 fully saturated rings. The molecule has 19 heteroatoms. The highest BCUT2D eigenvalue weighted by molar-refractivity contribution is 8.00. The van der Waals surface area contributed by atoms with Crippen LogP contribution in [0.5, 0.6) is 0 Å². The van der Waals surface area contributed by atoms with Gasteiger partial charge in [-0.2, -0.15) is 13.2 Å². The number of halogens is 3. The van der Waals surface area contributed by atoms with Gasteiger partial charge >= 0.3 is 12.1 Å². The summed E-state index contributed by atoms with van der Waals surface area (Å²) in [6, 6.07) is -1.20. The molecule has 2 saturated heterocycles. The number of allylic oxidation sites excluding steroid dienone is 1. The lowest BCUT2D eigenvalue weighted by atomic mass is 10.0. The maximum atomic E-state index is 13.2. The summed E-state index contributed by atoms with van der Waals surface area (Å²) < 4.78 is 38.3. The second kappa shape index (κ2) is 11.3. The number of carbonyl (C=O) groups excluding carboxylic acids is 4. The largest absolute Gasteiger partial charge is 0.477 e. The standard InChI is InChI=1S/C23H24F3N7O7S2/c1-22(2,20(27)39)40-31-12(11-7-42-21(28)29-11)15(34)30-13-17(36)33-14(19(37)38)10(6-41-18(13)33)5-9-3-4-32(16(9)35)8-23(24,25)26/h5,7,13,18H,3-4,6,8H2,1-2H3,(H2,27,39)(H2,28,29)(H,30,34)(H,37,38)/t13-,18-/m1/s1. The number of oxime groups is 1. The predicted molar refractivity (Wildman–Crippen MR) is 142 cm³/mol. The van der Waals surface area contributed by atoms with Crippen LogP contribution in [-0.2, 0) is 28.8 Å². The summed E-state index contributed by atoms with van der Waals surface area (Å²) in [5, 5.41) is 16.7. The Labute approximate surface area is 243 Å². The van der Waals surface area contributed by atoms with E-state index in [1.807, 2.05) is 0 Å². The number of alkyl halides is 3. The monoisotopic (exact) mass is 631 g/mol. The molecule has 3 aliphatic rings. The zero-order chi connectivity index (χ0) is 31.1. The molecule has 226 valence electrons. The molecular formula is C23H24F3N7O7S2. The number of rotatable bonds is 9. The Balaban J connectivity index is 1.55. The molecule has 1 aromatic heterocycles. The quantitative estimate of drug-likeness (QED) is 0.126. The van der Waals surface area contributed by atoms with Crippen LogP contribution in [0, 0.1) is 0 Å². The number of nitrogen functional groups attached to an aromatic ring is 1. The van der Waals surface area contributed by atoms with Gasteiger partial charge in [-0.05, 0) is 31.9 Å². The number of nitrogens with zero attached hydrogens (tertiary/aromatic N) is 4. The molecule has 4 rings (SSSR count). The zero-order valence-electron chi connectivity index (χ0n) is 21.9. The summed E-state index contributed by atoms with van der Waals surface area (Å²) in [7, 11) is 0. The highest BCUT2D eigenvalue weighted by Gasteiger charge is 2.54. The molecule has 0 bridgehead atoms. The average molecular weight is 632 g/mol. The van der Waals surface area contributed by atoms with Gasteiger partial charge in [-0.15, -0.1) is 23.1 Å². The molecule has 2 atom stereocenters. The third-order valence-corrected chi connectivity index (χ3v) is 8.33. The molecule has 0 unspecified atom stereocenters. The molecule has 0 saturated carbocycles. The first-order valence-electron chi connectivity index (χ1n) is 12.1. The lowest BCUT2D eigenvalue weighted by Crippen LogP contribution is -2.71. The summed E-state index contributed by atoms with van der Waals surface area (Å²) in [4.78, 5) is 73.2. The molecule has 42 heavy (non-hydrogen) atoms. The molecule has 6 N–H and O–H groups in total. The van der Waals surface area contributed by atoms with Gasteiger partial charge in [0.05, 0.1) is 0 Å². The van der Waals surface area contributed by atoms with Crippen molar-refractivity contribution in [3.05, 3.63) is 34.0 Å². The Morgan fingerprint density at radius 1 is 1.31 bits per heavy atom. The van der Waals surface area contributed by atoms with Gasteiger partial charge in [-0.1, -0.05) is 5.16 Å². The van der Waals surface area contributed by atoms with E-state index in [4.69, 9.17) is 16.3 Å². The highest BCUT2D eigenvalue weighted by Crippen LogP contribution is 2.41. The number of primary amides is 1. The van der Waals surface area contributed by atoms with E-state index in [0.29, 0.717) is 4.90 Å². The maximum Gasteiger partial charge on any atom is 0.406 e. The summed E-state index contributed by atoms with van der Waals surface area (Å²) in [6.45, 7) is 1.02. The predicted octanol–water partition coefficient (Wildman–Crippen LogP) is 0.170. The number of hydrogen-bond acceptors (Lipinski definition) is 11. The third kappa shape index (κ3) is 6.20. The number of aromatic nitrogens is 1. The number of fused-ring (bicyclic) bond motifs is 1. The number of nitrogens with one attached hydrogen (secondary N) is 1. The second-order valence-corrected chi connectivity index (χ2v) is 11.8. The van der Waals surface area contributed by atoms with E-state index >= 15 is 0 Å². The van der Waals surface area contributed by atoms with Crippen molar-refractivity contribution in [3.8, 4) is 0 Å². The number of carbonyl (C=O) groups is 5. The SMILES string of the molecule is CC(C)(ON=C(C(=O)N[C@@H]1C(=O)N2C(C(=O)O)=C(C=C3CCN(CC(F)(F)F)C3=O)CS[C@H]12)c1csc(N)n1)C(N)=O. The van der Waals surface area contributed by atoms with E-state index in [2.05, 4.69) is 15.5 Å². The van der Waals surface area contributed by atoms with Crippen molar-refractivity contribution in [2.45, 2.75) is 43.5 Å². The minimum Gasteiger partial charge on any atom is -0.477 e. The molecule has 4 amide bonds. The number of likely N-dealkylation sites (tertiary alicyclic amines) is 1. The maximum absolute atomic E-state index is 13.2. The minimum atomic E-state index is -4.59. The number of aliphatic carboxylic acids is 1. The first kappa shape index (κ1) is 30.8. The molecular weight excluding hydrogens is 607 g/mol. The van der Waals surface area contributed by atoms with Crippen LogP contribution in [0.2, 0.25) is 0 Å². The van der Waals surface area contributed by atoms with Crippen LogP contribution < -0.4 is 16.8 Å². The number of thioether (sulfide) groups is 1. The number of nitrogens with two attached hydrogens (primary N) is 2. The number of carboxylic acid groups (broad SMARTS) is 1. The smallest absolute Gasteiger partial charge is 0.406 e. The van der Waals surface area contributed by atoms with Gasteiger partial charge in [0.2, 0.25) is 11.5 Å². The van der Waals surface area contributed by atoms with Crippen molar-refractivity contribution in [1.29, 1.82) is 0 Å².